The van der Waals surface area contributed by atoms with Crippen molar-refractivity contribution < 1.29 is 0 Å². The minimum absolute atomic E-state index is 0.414. The lowest BCUT2D eigenvalue weighted by Crippen LogP contribution is -2.40. The van der Waals surface area contributed by atoms with E-state index in [0.717, 1.165) is 31.8 Å². The Balaban J connectivity index is 1.97. The molecule has 2 heteroatoms. The highest BCUT2D eigenvalue weighted by molar-refractivity contribution is 5.25. The fourth-order valence-corrected chi connectivity index (χ4v) is 2.92. The average Bonchev–Trinajstić information content (AvgIpc) is 2.39. The van der Waals surface area contributed by atoms with Gasteiger partial charge in [0, 0.05) is 25.2 Å². The Hall–Kier alpha value is -0.860. The van der Waals surface area contributed by atoms with Gasteiger partial charge in [-0.3, -0.25) is 4.90 Å². The van der Waals surface area contributed by atoms with Crippen LogP contribution < -0.4 is 5.73 Å². The van der Waals surface area contributed by atoms with Gasteiger partial charge in [-0.05, 0) is 43.2 Å². The van der Waals surface area contributed by atoms with Gasteiger partial charge < -0.3 is 5.73 Å². The summed E-state index contributed by atoms with van der Waals surface area (Å²) in [5.41, 5.74) is 8.86. The minimum Gasteiger partial charge on any atom is -0.328 e. The normalized spacial score (nSPS) is 19.8. The summed E-state index contributed by atoms with van der Waals surface area (Å²) >= 11 is 0. The monoisotopic (exact) mass is 260 g/mol. The third-order valence-corrected chi connectivity index (χ3v) is 4.23. The van der Waals surface area contributed by atoms with Crippen molar-refractivity contribution >= 4 is 0 Å². The summed E-state index contributed by atoms with van der Waals surface area (Å²) in [4.78, 5) is 2.56. The number of nitrogens with two attached hydrogens (primary N) is 1. The Morgan fingerprint density at radius 2 is 1.68 bits per heavy atom. The molecule has 1 aromatic rings. The lowest BCUT2D eigenvalue weighted by Gasteiger charge is -2.35. The summed E-state index contributed by atoms with van der Waals surface area (Å²) < 4.78 is 0. The van der Waals surface area contributed by atoms with Crippen molar-refractivity contribution in [2.75, 3.05) is 13.1 Å². The van der Waals surface area contributed by atoms with Crippen LogP contribution in [0.25, 0.3) is 0 Å². The second kappa shape index (κ2) is 6.53. The van der Waals surface area contributed by atoms with E-state index in [0.29, 0.717) is 12.1 Å². The maximum absolute atomic E-state index is 5.98. The van der Waals surface area contributed by atoms with E-state index < -0.39 is 0 Å². The van der Waals surface area contributed by atoms with Crippen molar-refractivity contribution in [1.29, 1.82) is 0 Å². The van der Waals surface area contributed by atoms with Gasteiger partial charge in [0.05, 0.1) is 0 Å². The zero-order valence-electron chi connectivity index (χ0n) is 12.6. The first kappa shape index (κ1) is 14.5. The third kappa shape index (κ3) is 4.05. The zero-order chi connectivity index (χ0) is 13.8. The molecule has 0 aromatic heterocycles. The molecule has 2 nitrogen and oxygen atoms in total. The molecule has 2 N–H and O–H groups in total. The van der Waals surface area contributed by atoms with Crippen LogP contribution >= 0.6 is 0 Å². The second-order valence-electron chi connectivity index (χ2n) is 6.39. The summed E-state index contributed by atoms with van der Waals surface area (Å²) in [5, 5.41) is 0. The van der Waals surface area contributed by atoms with Crippen LogP contribution in [0.3, 0.4) is 0 Å². The van der Waals surface area contributed by atoms with Crippen LogP contribution in [0.15, 0.2) is 24.3 Å². The quantitative estimate of drug-likeness (QED) is 0.899. The molecule has 1 heterocycles. The van der Waals surface area contributed by atoms with Gasteiger partial charge in [-0.2, -0.15) is 0 Å². The maximum Gasteiger partial charge on any atom is 0.0319 e. The van der Waals surface area contributed by atoms with Gasteiger partial charge in [-0.15, -0.1) is 0 Å². The summed E-state index contributed by atoms with van der Waals surface area (Å²) in [6.45, 7) is 9.13. The van der Waals surface area contributed by atoms with E-state index in [1.807, 2.05) is 0 Å². The number of piperidine rings is 1. The molecule has 1 atom stereocenters. The first-order chi connectivity index (χ1) is 9.06. The summed E-state index contributed by atoms with van der Waals surface area (Å²) in [7, 11) is 0. The van der Waals surface area contributed by atoms with Crippen molar-refractivity contribution in [3.05, 3.63) is 35.4 Å². The first-order valence-electron chi connectivity index (χ1n) is 7.64. The van der Waals surface area contributed by atoms with Crippen LogP contribution in [0.5, 0.6) is 0 Å². The Bertz CT molecular complexity index is 375. The van der Waals surface area contributed by atoms with E-state index in [4.69, 9.17) is 5.73 Å². The van der Waals surface area contributed by atoms with Crippen molar-refractivity contribution in [1.82, 2.24) is 4.90 Å². The van der Waals surface area contributed by atoms with E-state index in [1.165, 1.54) is 17.5 Å². The van der Waals surface area contributed by atoms with Crippen LogP contribution in [0.2, 0.25) is 0 Å². The highest BCUT2D eigenvalue weighted by atomic mass is 15.2. The molecule has 1 aliphatic rings. The van der Waals surface area contributed by atoms with Crippen molar-refractivity contribution in [3.63, 3.8) is 0 Å². The number of rotatable bonds is 4. The highest BCUT2D eigenvalue weighted by Crippen LogP contribution is 2.24. The van der Waals surface area contributed by atoms with Crippen LogP contribution in [0.1, 0.15) is 50.8 Å². The molecule has 1 aromatic carbocycles. The fourth-order valence-electron chi connectivity index (χ4n) is 2.92. The van der Waals surface area contributed by atoms with Crippen molar-refractivity contribution in [2.24, 2.45) is 11.7 Å². The molecule has 0 spiro atoms. The summed E-state index contributed by atoms with van der Waals surface area (Å²) in [6.07, 6.45) is 3.44. The number of nitrogens with zero attached hydrogens (tertiary/aromatic N) is 1. The summed E-state index contributed by atoms with van der Waals surface area (Å²) in [6, 6.07) is 10.1. The molecule has 0 radical (unpaired) electrons. The predicted octanol–water partition coefficient (Wildman–Crippen LogP) is 3.37. The third-order valence-electron chi connectivity index (χ3n) is 4.23. The predicted molar refractivity (Wildman–Crippen MR) is 82.2 cm³/mol. The smallest absolute Gasteiger partial charge is 0.0319 e. The largest absolute Gasteiger partial charge is 0.328 e. The lowest BCUT2D eigenvalue weighted by molar-refractivity contribution is 0.163. The Morgan fingerprint density at radius 3 is 2.21 bits per heavy atom. The molecule has 0 amide bonds. The molecule has 1 fully saturated rings. The van der Waals surface area contributed by atoms with Crippen molar-refractivity contribution in [3.8, 4) is 0 Å². The van der Waals surface area contributed by atoms with E-state index >= 15 is 0 Å². The second-order valence-corrected chi connectivity index (χ2v) is 6.39. The van der Waals surface area contributed by atoms with Crippen LogP contribution in [-0.4, -0.2) is 24.0 Å². The Labute approximate surface area is 118 Å². The van der Waals surface area contributed by atoms with Gasteiger partial charge in [0.15, 0.2) is 0 Å². The van der Waals surface area contributed by atoms with Crippen LogP contribution in [0, 0.1) is 5.92 Å². The van der Waals surface area contributed by atoms with Gasteiger partial charge in [0.1, 0.15) is 0 Å². The van der Waals surface area contributed by atoms with E-state index in [9.17, 15) is 0 Å². The fraction of sp³-hybridized carbons (Fsp3) is 0.647. The molecular formula is C17H28N2. The van der Waals surface area contributed by atoms with E-state index in [1.54, 1.807) is 0 Å². The average molecular weight is 260 g/mol. The minimum atomic E-state index is 0.414. The number of hydrogen-bond donors (Lipinski definition) is 1. The lowest BCUT2D eigenvalue weighted by atomic mass is 9.97. The highest BCUT2D eigenvalue weighted by Gasteiger charge is 2.21. The molecule has 19 heavy (non-hydrogen) atoms. The van der Waals surface area contributed by atoms with Crippen LogP contribution in [0.4, 0.5) is 0 Å². The molecule has 0 saturated carbocycles. The van der Waals surface area contributed by atoms with Gasteiger partial charge in [0.2, 0.25) is 0 Å². The molecule has 1 unspecified atom stereocenters. The number of benzene rings is 1. The molecule has 2 rings (SSSR count). The van der Waals surface area contributed by atoms with Crippen LogP contribution in [-0.2, 0) is 6.42 Å². The molecule has 0 bridgehead atoms. The standard InChI is InChI=1S/C17H28N2/c1-13(2)12-15-4-6-16(7-5-15)14(3)19-10-8-17(18)9-11-19/h4-7,13-14,17H,8-12,18H2,1-3H3. The van der Waals surface area contributed by atoms with Crippen molar-refractivity contribution in [2.45, 2.75) is 52.1 Å². The van der Waals surface area contributed by atoms with Gasteiger partial charge in [-0.25, -0.2) is 0 Å². The molecule has 1 aliphatic heterocycles. The van der Waals surface area contributed by atoms with E-state index in [-0.39, 0.29) is 0 Å². The SMILES string of the molecule is CC(C)Cc1ccc(C(C)N2CCC(N)CC2)cc1. The number of likely N-dealkylation sites (tertiary alicyclic amines) is 1. The molecular weight excluding hydrogens is 232 g/mol. The Kier molecular flexibility index (Phi) is 5.00. The van der Waals surface area contributed by atoms with Gasteiger partial charge in [0.25, 0.3) is 0 Å². The topological polar surface area (TPSA) is 29.3 Å². The Morgan fingerprint density at radius 1 is 1.11 bits per heavy atom. The van der Waals surface area contributed by atoms with Gasteiger partial charge >= 0.3 is 0 Å². The maximum atomic E-state index is 5.98. The summed E-state index contributed by atoms with van der Waals surface area (Å²) in [5.74, 6) is 0.729. The number of hydrogen-bond acceptors (Lipinski definition) is 2. The molecule has 106 valence electrons. The molecule has 1 saturated heterocycles. The van der Waals surface area contributed by atoms with E-state index in [2.05, 4.69) is 49.9 Å². The zero-order valence-corrected chi connectivity index (χ0v) is 12.6. The molecule has 0 aliphatic carbocycles. The first-order valence-corrected chi connectivity index (χ1v) is 7.64. The van der Waals surface area contributed by atoms with Gasteiger partial charge in [-0.1, -0.05) is 38.1 Å².